The summed E-state index contributed by atoms with van der Waals surface area (Å²) in [5.41, 5.74) is 2.09. The molecule has 2 heterocycles. The zero-order valence-corrected chi connectivity index (χ0v) is 12.8. The van der Waals surface area contributed by atoms with Crippen LogP contribution in [-0.4, -0.2) is 24.5 Å². The second kappa shape index (κ2) is 6.31. The molecule has 0 amide bonds. The van der Waals surface area contributed by atoms with Gasteiger partial charge in [-0.05, 0) is 56.8 Å². The van der Waals surface area contributed by atoms with Crippen molar-refractivity contribution in [3.05, 3.63) is 23.7 Å². The number of nitrogens with one attached hydrogen (secondary N) is 1. The van der Waals surface area contributed by atoms with E-state index in [1.165, 1.54) is 57.2 Å². The van der Waals surface area contributed by atoms with Crippen molar-refractivity contribution in [2.75, 3.05) is 19.6 Å². The van der Waals surface area contributed by atoms with Gasteiger partial charge in [-0.3, -0.25) is 4.90 Å². The summed E-state index contributed by atoms with van der Waals surface area (Å²) >= 11 is 0. The molecule has 1 aromatic heterocycles. The molecule has 1 N–H and O–H groups in total. The molecule has 1 aromatic rings. The molecule has 0 bridgehead atoms. The second-order valence-electron chi connectivity index (χ2n) is 6.63. The fourth-order valence-electron chi connectivity index (χ4n) is 3.95. The molecular weight excluding hydrogens is 248 g/mol. The third kappa shape index (κ3) is 3.09. The fraction of sp³-hybridized carbons (Fsp3) is 0.765. The lowest BCUT2D eigenvalue weighted by molar-refractivity contribution is 0.103. The molecule has 1 aliphatic heterocycles. The van der Waals surface area contributed by atoms with Crippen LogP contribution in [0.3, 0.4) is 0 Å². The number of furan rings is 1. The number of nitrogens with zero attached hydrogens (tertiary/aromatic N) is 1. The van der Waals surface area contributed by atoms with Crippen LogP contribution in [0.1, 0.15) is 56.8 Å². The van der Waals surface area contributed by atoms with E-state index in [2.05, 4.69) is 23.2 Å². The van der Waals surface area contributed by atoms with Crippen molar-refractivity contribution < 1.29 is 4.42 Å². The summed E-state index contributed by atoms with van der Waals surface area (Å²) in [6.45, 7) is 7.59. The Kier molecular flexibility index (Phi) is 4.47. The van der Waals surface area contributed by atoms with Gasteiger partial charge in [0.25, 0.3) is 0 Å². The summed E-state index contributed by atoms with van der Waals surface area (Å²) in [6, 6.07) is 2.15. The van der Waals surface area contributed by atoms with Gasteiger partial charge in [-0.25, -0.2) is 0 Å². The molecular formula is C17H28N2O. The number of likely N-dealkylation sites (tertiary alicyclic amines) is 1. The van der Waals surface area contributed by atoms with Gasteiger partial charge in [0.1, 0.15) is 5.76 Å². The lowest BCUT2D eigenvalue weighted by Gasteiger charge is -2.39. The monoisotopic (exact) mass is 276 g/mol. The maximum Gasteiger partial charge on any atom is 0.122 e. The van der Waals surface area contributed by atoms with Gasteiger partial charge >= 0.3 is 0 Å². The quantitative estimate of drug-likeness (QED) is 0.891. The molecule has 0 radical (unpaired) electrons. The van der Waals surface area contributed by atoms with E-state index in [0.717, 1.165) is 30.8 Å². The van der Waals surface area contributed by atoms with Gasteiger partial charge in [-0.1, -0.05) is 19.8 Å². The van der Waals surface area contributed by atoms with Crippen LogP contribution in [0.15, 0.2) is 16.7 Å². The Bertz CT molecular complexity index is 410. The first-order valence-electron chi connectivity index (χ1n) is 8.30. The van der Waals surface area contributed by atoms with E-state index in [4.69, 9.17) is 4.42 Å². The largest absolute Gasteiger partial charge is 0.468 e. The lowest BCUT2D eigenvalue weighted by Crippen LogP contribution is -2.38. The first kappa shape index (κ1) is 14.2. The van der Waals surface area contributed by atoms with E-state index in [9.17, 15) is 0 Å². The minimum atomic E-state index is 0.722. The molecule has 2 fully saturated rings. The topological polar surface area (TPSA) is 28.4 Å². The van der Waals surface area contributed by atoms with Crippen molar-refractivity contribution in [3.63, 3.8) is 0 Å². The molecule has 3 rings (SSSR count). The molecule has 2 aliphatic rings. The van der Waals surface area contributed by atoms with Crippen molar-refractivity contribution in [2.45, 2.75) is 58.5 Å². The van der Waals surface area contributed by atoms with E-state index in [0.29, 0.717) is 0 Å². The van der Waals surface area contributed by atoms with Crippen molar-refractivity contribution in [1.29, 1.82) is 0 Å². The maximum atomic E-state index is 5.61. The highest BCUT2D eigenvalue weighted by atomic mass is 16.3. The van der Waals surface area contributed by atoms with Gasteiger partial charge < -0.3 is 9.73 Å². The average Bonchev–Trinajstić information content (AvgIpc) is 3.09. The molecule has 1 saturated carbocycles. The number of hydrogen-bond donors (Lipinski definition) is 1. The Morgan fingerprint density at radius 3 is 2.65 bits per heavy atom. The standard InChI is InChI=1S/C17H28N2O/c1-2-18-13-16-15(5-12-20-16)14-19-10-8-17(9-11-19)6-3-4-7-17/h5,12,18H,2-4,6-11,13-14H2,1H3. The highest BCUT2D eigenvalue weighted by molar-refractivity contribution is 5.17. The van der Waals surface area contributed by atoms with E-state index < -0.39 is 0 Å². The van der Waals surface area contributed by atoms with Crippen LogP contribution in [-0.2, 0) is 13.1 Å². The molecule has 1 spiro atoms. The van der Waals surface area contributed by atoms with Gasteiger partial charge in [-0.15, -0.1) is 0 Å². The summed E-state index contributed by atoms with van der Waals surface area (Å²) in [6.07, 6.45) is 10.6. The van der Waals surface area contributed by atoms with Crippen LogP contribution in [0, 0.1) is 5.41 Å². The van der Waals surface area contributed by atoms with Gasteiger partial charge in [0, 0.05) is 12.1 Å². The van der Waals surface area contributed by atoms with Crippen molar-refractivity contribution in [1.82, 2.24) is 10.2 Å². The van der Waals surface area contributed by atoms with Crippen molar-refractivity contribution in [2.24, 2.45) is 5.41 Å². The molecule has 3 nitrogen and oxygen atoms in total. The Labute approximate surface area is 122 Å². The summed E-state index contributed by atoms with van der Waals surface area (Å²) in [5, 5.41) is 3.36. The molecule has 0 unspecified atom stereocenters. The zero-order chi connectivity index (χ0) is 13.8. The summed E-state index contributed by atoms with van der Waals surface area (Å²) in [7, 11) is 0. The van der Waals surface area contributed by atoms with E-state index in [1.54, 1.807) is 0 Å². The normalized spacial score (nSPS) is 22.6. The molecule has 1 aliphatic carbocycles. The number of hydrogen-bond acceptors (Lipinski definition) is 3. The lowest BCUT2D eigenvalue weighted by atomic mass is 9.77. The van der Waals surface area contributed by atoms with Crippen LogP contribution in [0.4, 0.5) is 0 Å². The molecule has 3 heteroatoms. The van der Waals surface area contributed by atoms with Crippen LogP contribution in [0.25, 0.3) is 0 Å². The zero-order valence-electron chi connectivity index (χ0n) is 12.8. The highest BCUT2D eigenvalue weighted by Crippen LogP contribution is 2.46. The smallest absolute Gasteiger partial charge is 0.122 e. The molecule has 0 aromatic carbocycles. The highest BCUT2D eigenvalue weighted by Gasteiger charge is 2.36. The molecule has 0 atom stereocenters. The first-order valence-corrected chi connectivity index (χ1v) is 8.30. The number of rotatable bonds is 5. The van der Waals surface area contributed by atoms with Crippen LogP contribution < -0.4 is 5.32 Å². The summed E-state index contributed by atoms with van der Waals surface area (Å²) in [5.74, 6) is 1.12. The minimum Gasteiger partial charge on any atom is -0.468 e. The summed E-state index contributed by atoms with van der Waals surface area (Å²) in [4.78, 5) is 2.61. The minimum absolute atomic E-state index is 0.722. The Morgan fingerprint density at radius 1 is 1.20 bits per heavy atom. The first-order chi connectivity index (χ1) is 9.81. The van der Waals surface area contributed by atoms with Gasteiger partial charge in [0.05, 0.1) is 12.8 Å². The Hall–Kier alpha value is -0.800. The van der Waals surface area contributed by atoms with Crippen molar-refractivity contribution >= 4 is 0 Å². The SMILES string of the molecule is CCNCc1occc1CN1CCC2(CCCC2)CC1. The van der Waals surface area contributed by atoms with Gasteiger partial charge in [-0.2, -0.15) is 0 Å². The van der Waals surface area contributed by atoms with Gasteiger partial charge in [0.2, 0.25) is 0 Å². The second-order valence-corrected chi connectivity index (χ2v) is 6.63. The summed E-state index contributed by atoms with van der Waals surface area (Å²) < 4.78 is 5.61. The number of piperidine rings is 1. The van der Waals surface area contributed by atoms with Crippen LogP contribution in [0.2, 0.25) is 0 Å². The van der Waals surface area contributed by atoms with Crippen LogP contribution >= 0.6 is 0 Å². The van der Waals surface area contributed by atoms with Gasteiger partial charge in [0.15, 0.2) is 0 Å². The predicted octanol–water partition coefficient (Wildman–Crippen LogP) is 3.55. The Morgan fingerprint density at radius 2 is 1.95 bits per heavy atom. The molecule has 112 valence electrons. The predicted molar refractivity (Wildman–Crippen MR) is 81.5 cm³/mol. The van der Waals surface area contributed by atoms with E-state index in [-0.39, 0.29) is 0 Å². The fourth-order valence-corrected chi connectivity index (χ4v) is 3.95. The molecule has 1 saturated heterocycles. The molecule has 20 heavy (non-hydrogen) atoms. The van der Waals surface area contributed by atoms with E-state index >= 15 is 0 Å². The van der Waals surface area contributed by atoms with Crippen LogP contribution in [0.5, 0.6) is 0 Å². The third-order valence-corrected chi connectivity index (χ3v) is 5.35. The van der Waals surface area contributed by atoms with Crippen molar-refractivity contribution in [3.8, 4) is 0 Å². The Balaban J connectivity index is 1.53. The van der Waals surface area contributed by atoms with E-state index in [1.807, 2.05) is 6.26 Å². The third-order valence-electron chi connectivity index (χ3n) is 5.35. The average molecular weight is 276 g/mol. The maximum absolute atomic E-state index is 5.61.